The molecule has 0 radical (unpaired) electrons. The molecule has 186 valence electrons. The zero-order valence-electron chi connectivity index (χ0n) is 21.7. The first-order chi connectivity index (χ1) is 15.0. The Bertz CT molecular complexity index is 817. The molecular formula is C25H41NO6Si. The summed E-state index contributed by atoms with van der Waals surface area (Å²) in [4.78, 5) is 37.4. The van der Waals surface area contributed by atoms with Gasteiger partial charge in [-0.15, -0.1) is 0 Å². The Hall–Kier alpha value is -2.19. The van der Waals surface area contributed by atoms with E-state index in [0.717, 1.165) is 11.6 Å². The van der Waals surface area contributed by atoms with E-state index in [2.05, 4.69) is 25.0 Å². The number of rotatable bonds is 10. The summed E-state index contributed by atoms with van der Waals surface area (Å²) in [6.07, 6.45) is -0.162. The minimum Gasteiger partial charge on any atom is -0.462 e. The molecule has 0 saturated heterocycles. The molecule has 1 N–H and O–H groups in total. The van der Waals surface area contributed by atoms with Crippen molar-refractivity contribution in [3.8, 4) is 0 Å². The van der Waals surface area contributed by atoms with E-state index < -0.39 is 37.3 Å². The summed E-state index contributed by atoms with van der Waals surface area (Å²) in [5.74, 6) is -1.39. The van der Waals surface area contributed by atoms with E-state index in [9.17, 15) is 14.4 Å². The third-order valence-electron chi connectivity index (χ3n) is 4.28. The number of ether oxygens (including phenoxy) is 3. The van der Waals surface area contributed by atoms with Crippen LogP contribution in [0, 0.1) is 0 Å². The molecular weight excluding hydrogens is 438 g/mol. The Kier molecular flexibility index (Phi) is 10.3. The number of hydrogen-bond donors (Lipinski definition) is 1. The molecule has 0 heterocycles. The lowest BCUT2D eigenvalue weighted by Crippen LogP contribution is -2.43. The predicted octanol–water partition coefficient (Wildman–Crippen LogP) is 4.71. The maximum atomic E-state index is 12.7. The first-order valence-electron chi connectivity index (χ1n) is 11.4. The molecule has 0 aliphatic rings. The van der Waals surface area contributed by atoms with Gasteiger partial charge in [0, 0.05) is 14.6 Å². The van der Waals surface area contributed by atoms with Crippen molar-refractivity contribution in [3.63, 3.8) is 0 Å². The molecule has 7 nitrogen and oxygen atoms in total. The van der Waals surface area contributed by atoms with E-state index in [0.29, 0.717) is 12.2 Å². The topological polar surface area (TPSA) is 90.9 Å². The third kappa shape index (κ3) is 13.2. The molecule has 0 spiro atoms. The number of carbonyl (C=O) groups excluding carboxylic acids is 3. The SMILES string of the molecule is CC(C)(C)OC(=O)C[C@H](NCc1cccc(C(=O)OCC[Si](C)(C)C)c1)C(=O)OC(C)(C)C. The molecule has 8 heteroatoms. The normalized spacial score (nSPS) is 13.2. The van der Waals surface area contributed by atoms with E-state index in [1.807, 2.05) is 6.07 Å². The number of hydrogen-bond acceptors (Lipinski definition) is 7. The Balaban J connectivity index is 2.84. The van der Waals surface area contributed by atoms with Crippen molar-refractivity contribution in [2.24, 2.45) is 0 Å². The van der Waals surface area contributed by atoms with Crippen LogP contribution in [0.3, 0.4) is 0 Å². The van der Waals surface area contributed by atoms with Gasteiger partial charge >= 0.3 is 17.9 Å². The second kappa shape index (κ2) is 11.8. The molecule has 0 aromatic heterocycles. The second-order valence-electron chi connectivity index (χ2n) is 11.4. The summed E-state index contributed by atoms with van der Waals surface area (Å²) in [6.45, 7) is 18.0. The first kappa shape index (κ1) is 28.8. The average molecular weight is 480 g/mol. The summed E-state index contributed by atoms with van der Waals surface area (Å²) >= 11 is 0. The van der Waals surface area contributed by atoms with Crippen molar-refractivity contribution in [2.45, 2.75) is 97.4 Å². The van der Waals surface area contributed by atoms with Crippen LogP contribution in [-0.4, -0.2) is 49.8 Å². The molecule has 0 fully saturated rings. The fraction of sp³-hybridized carbons (Fsp3) is 0.640. The van der Waals surface area contributed by atoms with Crippen molar-refractivity contribution >= 4 is 26.0 Å². The molecule has 0 saturated carbocycles. The lowest BCUT2D eigenvalue weighted by molar-refractivity contribution is -0.164. The smallest absolute Gasteiger partial charge is 0.338 e. The van der Waals surface area contributed by atoms with Gasteiger partial charge in [-0.2, -0.15) is 0 Å². The van der Waals surface area contributed by atoms with Crippen molar-refractivity contribution < 1.29 is 28.6 Å². The van der Waals surface area contributed by atoms with E-state index >= 15 is 0 Å². The summed E-state index contributed by atoms with van der Waals surface area (Å²) in [5.41, 5.74) is -0.109. The fourth-order valence-electron chi connectivity index (χ4n) is 2.74. The zero-order chi connectivity index (χ0) is 25.4. The van der Waals surface area contributed by atoms with E-state index in [4.69, 9.17) is 14.2 Å². The maximum Gasteiger partial charge on any atom is 0.338 e. The largest absolute Gasteiger partial charge is 0.462 e. The lowest BCUT2D eigenvalue weighted by atomic mass is 10.1. The Morgan fingerprint density at radius 1 is 0.970 bits per heavy atom. The van der Waals surface area contributed by atoms with Crippen LogP contribution in [0.15, 0.2) is 24.3 Å². The summed E-state index contributed by atoms with van der Waals surface area (Å²) in [7, 11) is -1.29. The van der Waals surface area contributed by atoms with Gasteiger partial charge in [0.15, 0.2) is 0 Å². The average Bonchev–Trinajstić information content (AvgIpc) is 2.61. The standard InChI is InChI=1S/C25H41NO6Si/c1-24(2,3)31-21(27)16-20(23(29)32-25(4,5)6)26-17-18-11-10-12-19(15-18)22(28)30-13-14-33(7,8)9/h10-12,15,20,26H,13-14,16-17H2,1-9H3/t20-/m0/s1. The molecule has 1 aromatic carbocycles. The minimum atomic E-state index is -1.29. The van der Waals surface area contributed by atoms with Crippen LogP contribution in [0.2, 0.25) is 25.7 Å². The van der Waals surface area contributed by atoms with Crippen LogP contribution in [0.25, 0.3) is 0 Å². The molecule has 0 bridgehead atoms. The highest BCUT2D eigenvalue weighted by molar-refractivity contribution is 6.76. The molecule has 33 heavy (non-hydrogen) atoms. The van der Waals surface area contributed by atoms with E-state index in [1.54, 1.807) is 59.7 Å². The Morgan fingerprint density at radius 2 is 1.58 bits per heavy atom. The highest BCUT2D eigenvalue weighted by Crippen LogP contribution is 2.15. The first-order valence-corrected chi connectivity index (χ1v) is 15.1. The fourth-order valence-corrected chi connectivity index (χ4v) is 3.46. The van der Waals surface area contributed by atoms with Crippen LogP contribution in [0.1, 0.15) is 63.9 Å². The van der Waals surface area contributed by atoms with Crippen LogP contribution in [-0.2, 0) is 30.3 Å². The van der Waals surface area contributed by atoms with Crippen LogP contribution >= 0.6 is 0 Å². The monoisotopic (exact) mass is 479 g/mol. The highest BCUT2D eigenvalue weighted by Gasteiger charge is 2.29. The summed E-state index contributed by atoms with van der Waals surface area (Å²) in [6, 6.07) is 7.05. The van der Waals surface area contributed by atoms with Gasteiger partial charge in [0.05, 0.1) is 18.6 Å². The molecule has 1 atom stereocenters. The Labute approximate surface area is 199 Å². The van der Waals surface area contributed by atoms with Gasteiger partial charge in [0.2, 0.25) is 0 Å². The highest BCUT2D eigenvalue weighted by atomic mass is 28.3. The van der Waals surface area contributed by atoms with Gasteiger partial charge in [-0.05, 0) is 65.3 Å². The Morgan fingerprint density at radius 3 is 2.12 bits per heavy atom. The molecule has 1 rings (SSSR count). The van der Waals surface area contributed by atoms with Gasteiger partial charge in [-0.1, -0.05) is 31.8 Å². The van der Waals surface area contributed by atoms with Crippen LogP contribution in [0.4, 0.5) is 0 Å². The van der Waals surface area contributed by atoms with Gasteiger partial charge in [0.25, 0.3) is 0 Å². The quantitative estimate of drug-likeness (QED) is 0.295. The van der Waals surface area contributed by atoms with Gasteiger partial charge in [0.1, 0.15) is 17.2 Å². The number of nitrogens with one attached hydrogen (secondary N) is 1. The third-order valence-corrected chi connectivity index (χ3v) is 5.99. The number of benzene rings is 1. The van der Waals surface area contributed by atoms with E-state index in [1.165, 1.54) is 0 Å². The maximum absolute atomic E-state index is 12.7. The van der Waals surface area contributed by atoms with Crippen molar-refractivity contribution in [1.29, 1.82) is 0 Å². The van der Waals surface area contributed by atoms with Gasteiger partial charge in [-0.25, -0.2) is 4.79 Å². The second-order valence-corrected chi connectivity index (χ2v) is 17.0. The van der Waals surface area contributed by atoms with Crippen LogP contribution < -0.4 is 5.32 Å². The predicted molar refractivity (Wildman–Crippen MR) is 132 cm³/mol. The van der Waals surface area contributed by atoms with Crippen molar-refractivity contribution in [1.82, 2.24) is 5.32 Å². The van der Waals surface area contributed by atoms with Crippen molar-refractivity contribution in [2.75, 3.05) is 6.61 Å². The molecule has 0 unspecified atom stereocenters. The molecule has 0 aliphatic heterocycles. The number of esters is 3. The van der Waals surface area contributed by atoms with Crippen LogP contribution in [0.5, 0.6) is 0 Å². The lowest BCUT2D eigenvalue weighted by Gasteiger charge is -2.26. The summed E-state index contributed by atoms with van der Waals surface area (Å²) in [5, 5.41) is 3.08. The zero-order valence-corrected chi connectivity index (χ0v) is 22.7. The molecule has 1 aromatic rings. The summed E-state index contributed by atoms with van der Waals surface area (Å²) < 4.78 is 16.3. The van der Waals surface area contributed by atoms with Gasteiger partial charge < -0.3 is 14.2 Å². The van der Waals surface area contributed by atoms with Gasteiger partial charge in [-0.3, -0.25) is 14.9 Å². The van der Waals surface area contributed by atoms with E-state index in [-0.39, 0.29) is 18.9 Å². The molecule has 0 aliphatic carbocycles. The minimum absolute atomic E-state index is 0.162. The number of carbonyl (C=O) groups is 3. The molecule has 0 amide bonds. The van der Waals surface area contributed by atoms with Crippen molar-refractivity contribution in [3.05, 3.63) is 35.4 Å².